The van der Waals surface area contributed by atoms with E-state index in [2.05, 4.69) is 46.8 Å². The molecular weight excluding hydrogens is 194 g/mol. The first-order valence-electron chi connectivity index (χ1n) is 6.75. The van der Waals surface area contributed by atoms with Gasteiger partial charge in [-0.15, -0.1) is 0 Å². The van der Waals surface area contributed by atoms with Crippen molar-refractivity contribution in [3.8, 4) is 0 Å². The molecule has 0 bridgehead atoms. The van der Waals surface area contributed by atoms with Gasteiger partial charge in [0.1, 0.15) is 0 Å². The summed E-state index contributed by atoms with van der Waals surface area (Å²) in [5.41, 5.74) is 1.34. The van der Waals surface area contributed by atoms with Gasteiger partial charge < -0.3 is 0 Å². The largest absolute Gasteiger partial charge is 0.286 e. The first kappa shape index (κ1) is 13.5. The zero-order valence-electron chi connectivity index (χ0n) is 11.5. The van der Waals surface area contributed by atoms with E-state index in [0.29, 0.717) is 12.0 Å². The third-order valence-corrected chi connectivity index (χ3v) is 3.30. The van der Waals surface area contributed by atoms with Crippen LogP contribution >= 0.6 is 0 Å². The molecule has 0 aromatic rings. The molecule has 0 saturated carbocycles. The second kappa shape index (κ2) is 6.22. The Kier molecular flexibility index (Phi) is 5.24. The molecule has 0 fully saturated rings. The van der Waals surface area contributed by atoms with Gasteiger partial charge in [0.15, 0.2) is 0 Å². The molecule has 1 aliphatic rings. The van der Waals surface area contributed by atoms with Crippen LogP contribution in [0.5, 0.6) is 0 Å². The first-order chi connectivity index (χ1) is 7.50. The van der Waals surface area contributed by atoms with Crippen molar-refractivity contribution < 1.29 is 0 Å². The summed E-state index contributed by atoms with van der Waals surface area (Å²) >= 11 is 0. The monoisotopic (exact) mass is 221 g/mol. The molecule has 1 heteroatoms. The van der Waals surface area contributed by atoms with Gasteiger partial charge in [-0.1, -0.05) is 33.8 Å². The molecule has 1 aliphatic carbocycles. The highest BCUT2D eigenvalue weighted by Crippen LogP contribution is 2.25. The van der Waals surface area contributed by atoms with Crippen molar-refractivity contribution in [2.75, 3.05) is 0 Å². The van der Waals surface area contributed by atoms with Crippen molar-refractivity contribution in [3.05, 3.63) is 12.2 Å². The zero-order valence-corrected chi connectivity index (χ0v) is 11.5. The first-order valence-corrected chi connectivity index (χ1v) is 6.75. The predicted octanol–water partition coefficient (Wildman–Crippen LogP) is 4.48. The molecule has 0 heterocycles. The van der Waals surface area contributed by atoms with E-state index in [4.69, 9.17) is 4.99 Å². The lowest BCUT2D eigenvalue weighted by atomic mass is 9.83. The van der Waals surface area contributed by atoms with Gasteiger partial charge in [0.2, 0.25) is 0 Å². The van der Waals surface area contributed by atoms with Gasteiger partial charge in [-0.3, -0.25) is 4.99 Å². The minimum absolute atomic E-state index is 0.471. The molecule has 0 aromatic carbocycles. The lowest BCUT2D eigenvalue weighted by Crippen LogP contribution is -2.23. The fourth-order valence-electron chi connectivity index (χ4n) is 2.55. The van der Waals surface area contributed by atoms with Crippen LogP contribution in [0, 0.1) is 17.8 Å². The van der Waals surface area contributed by atoms with Crippen molar-refractivity contribution in [3.63, 3.8) is 0 Å². The normalized spacial score (nSPS) is 25.7. The number of hydrogen-bond donors (Lipinski definition) is 0. The average Bonchev–Trinajstić information content (AvgIpc) is 2.16. The second-order valence-electron chi connectivity index (χ2n) is 5.86. The third-order valence-electron chi connectivity index (χ3n) is 3.30. The molecule has 1 rings (SSSR count). The standard InChI is InChI=1S/C15H27N/c1-11(2)10-13(5)16-15-9-7-6-8-14(15)12(3)4/h7,9,11-14H,6,8,10H2,1-5H3/t13-,14-/m1/s1. The highest BCUT2D eigenvalue weighted by Gasteiger charge is 2.20. The Morgan fingerprint density at radius 1 is 1.25 bits per heavy atom. The summed E-state index contributed by atoms with van der Waals surface area (Å²) in [6.07, 6.45) is 8.23. The fraction of sp³-hybridized carbons (Fsp3) is 0.800. The average molecular weight is 221 g/mol. The molecule has 0 radical (unpaired) electrons. The van der Waals surface area contributed by atoms with Crippen molar-refractivity contribution in [1.82, 2.24) is 0 Å². The maximum absolute atomic E-state index is 4.91. The quantitative estimate of drug-likeness (QED) is 0.663. The maximum Gasteiger partial charge on any atom is 0.0477 e. The van der Waals surface area contributed by atoms with Gasteiger partial charge in [-0.05, 0) is 44.1 Å². The summed E-state index contributed by atoms with van der Waals surface area (Å²) in [5, 5.41) is 0. The fourth-order valence-corrected chi connectivity index (χ4v) is 2.55. The van der Waals surface area contributed by atoms with Crippen LogP contribution in [0.4, 0.5) is 0 Å². The van der Waals surface area contributed by atoms with E-state index in [1.165, 1.54) is 25.0 Å². The van der Waals surface area contributed by atoms with Crippen LogP contribution in [0.1, 0.15) is 53.9 Å². The van der Waals surface area contributed by atoms with Crippen LogP contribution in [0.25, 0.3) is 0 Å². The van der Waals surface area contributed by atoms with Crippen LogP contribution in [-0.2, 0) is 0 Å². The maximum atomic E-state index is 4.91. The number of aliphatic imine (C=N–C) groups is 1. The van der Waals surface area contributed by atoms with Gasteiger partial charge >= 0.3 is 0 Å². The van der Waals surface area contributed by atoms with Crippen LogP contribution in [0.3, 0.4) is 0 Å². The lowest BCUT2D eigenvalue weighted by Gasteiger charge is -2.25. The van der Waals surface area contributed by atoms with Crippen LogP contribution in [0.15, 0.2) is 17.1 Å². The lowest BCUT2D eigenvalue weighted by molar-refractivity contribution is 0.455. The highest BCUT2D eigenvalue weighted by molar-refractivity contribution is 5.97. The van der Waals surface area contributed by atoms with Crippen molar-refractivity contribution in [2.45, 2.75) is 59.9 Å². The number of rotatable bonds is 4. The van der Waals surface area contributed by atoms with Gasteiger partial charge in [0.25, 0.3) is 0 Å². The molecule has 0 spiro atoms. The van der Waals surface area contributed by atoms with Gasteiger partial charge in [-0.25, -0.2) is 0 Å². The van der Waals surface area contributed by atoms with E-state index in [0.717, 1.165) is 11.8 Å². The Morgan fingerprint density at radius 3 is 2.50 bits per heavy atom. The SMILES string of the molecule is CC(C)C[C@@H](C)N=C1C=CCC[C@@H]1C(C)C. The molecule has 16 heavy (non-hydrogen) atoms. The van der Waals surface area contributed by atoms with E-state index >= 15 is 0 Å². The number of hydrogen-bond acceptors (Lipinski definition) is 1. The van der Waals surface area contributed by atoms with Crippen LogP contribution in [0.2, 0.25) is 0 Å². The molecule has 0 aliphatic heterocycles. The van der Waals surface area contributed by atoms with Crippen LogP contribution in [-0.4, -0.2) is 11.8 Å². The van der Waals surface area contributed by atoms with Crippen molar-refractivity contribution >= 4 is 5.71 Å². The van der Waals surface area contributed by atoms with E-state index in [-0.39, 0.29) is 0 Å². The minimum Gasteiger partial charge on any atom is -0.286 e. The summed E-state index contributed by atoms with van der Waals surface area (Å²) in [7, 11) is 0. The second-order valence-corrected chi connectivity index (χ2v) is 5.86. The molecule has 92 valence electrons. The predicted molar refractivity (Wildman–Crippen MR) is 73.1 cm³/mol. The Balaban J connectivity index is 2.70. The molecule has 1 nitrogen and oxygen atoms in total. The minimum atomic E-state index is 0.471. The summed E-state index contributed by atoms with van der Waals surface area (Å²) in [6.45, 7) is 11.4. The number of allylic oxidation sites excluding steroid dienone is 2. The molecule has 0 unspecified atom stereocenters. The summed E-state index contributed by atoms with van der Waals surface area (Å²) in [5.74, 6) is 2.14. The van der Waals surface area contributed by atoms with Crippen molar-refractivity contribution in [2.24, 2.45) is 22.7 Å². The van der Waals surface area contributed by atoms with E-state index < -0.39 is 0 Å². The van der Waals surface area contributed by atoms with Gasteiger partial charge in [0.05, 0.1) is 0 Å². The third kappa shape index (κ3) is 4.11. The smallest absolute Gasteiger partial charge is 0.0477 e. The molecule has 0 aromatic heterocycles. The summed E-state index contributed by atoms with van der Waals surface area (Å²) in [4.78, 5) is 4.91. The Morgan fingerprint density at radius 2 is 1.94 bits per heavy atom. The molecular formula is C15H27N. The summed E-state index contributed by atoms with van der Waals surface area (Å²) < 4.78 is 0. The molecule has 0 saturated heterocycles. The van der Waals surface area contributed by atoms with Gasteiger partial charge in [-0.2, -0.15) is 0 Å². The zero-order chi connectivity index (χ0) is 12.1. The Labute approximate surface area is 101 Å². The topological polar surface area (TPSA) is 12.4 Å². The Bertz CT molecular complexity index is 261. The van der Waals surface area contributed by atoms with E-state index in [9.17, 15) is 0 Å². The van der Waals surface area contributed by atoms with Gasteiger partial charge in [0, 0.05) is 17.7 Å². The number of nitrogens with zero attached hydrogens (tertiary/aromatic N) is 1. The van der Waals surface area contributed by atoms with Crippen LogP contribution < -0.4 is 0 Å². The molecule has 0 N–H and O–H groups in total. The highest BCUT2D eigenvalue weighted by atomic mass is 14.8. The Hall–Kier alpha value is -0.590. The van der Waals surface area contributed by atoms with E-state index in [1.807, 2.05) is 0 Å². The molecule has 2 atom stereocenters. The van der Waals surface area contributed by atoms with Crippen molar-refractivity contribution in [1.29, 1.82) is 0 Å². The molecule has 0 amide bonds. The summed E-state index contributed by atoms with van der Waals surface area (Å²) in [6, 6.07) is 0.471. The van der Waals surface area contributed by atoms with E-state index in [1.54, 1.807) is 0 Å².